The maximum Gasteiger partial charge on any atom is 0.133 e. The van der Waals surface area contributed by atoms with Gasteiger partial charge in [0.15, 0.2) is 0 Å². The molecule has 1 aromatic carbocycles. The first kappa shape index (κ1) is 17.0. The standard InChI is InChI=1S/C14H21Br2NO2/c1-11(2)18-8-3-6-17-7-9-19-14-5-4-12(15)10-13(14)16/h4-5,10-11,17H,3,6-9H2,1-2H3. The number of nitrogens with one attached hydrogen (secondary N) is 1. The third-order valence-electron chi connectivity index (χ3n) is 2.38. The van der Waals surface area contributed by atoms with Gasteiger partial charge in [-0.05, 0) is 60.9 Å². The van der Waals surface area contributed by atoms with Crippen molar-refractivity contribution in [2.75, 3.05) is 26.3 Å². The number of benzene rings is 1. The molecule has 0 saturated carbocycles. The summed E-state index contributed by atoms with van der Waals surface area (Å²) in [6.45, 7) is 7.37. The highest BCUT2D eigenvalue weighted by molar-refractivity contribution is 9.11. The van der Waals surface area contributed by atoms with Crippen molar-refractivity contribution in [2.24, 2.45) is 0 Å². The summed E-state index contributed by atoms with van der Waals surface area (Å²) >= 11 is 6.89. The molecule has 0 aliphatic heterocycles. The predicted molar refractivity (Wildman–Crippen MR) is 85.9 cm³/mol. The Morgan fingerprint density at radius 1 is 1.16 bits per heavy atom. The van der Waals surface area contributed by atoms with E-state index >= 15 is 0 Å². The van der Waals surface area contributed by atoms with Crippen LogP contribution < -0.4 is 10.1 Å². The van der Waals surface area contributed by atoms with Gasteiger partial charge in [0, 0.05) is 17.6 Å². The van der Waals surface area contributed by atoms with E-state index in [1.807, 2.05) is 18.2 Å². The second kappa shape index (κ2) is 9.75. The molecule has 0 radical (unpaired) electrons. The summed E-state index contributed by atoms with van der Waals surface area (Å²) in [5.74, 6) is 0.869. The van der Waals surface area contributed by atoms with Gasteiger partial charge < -0.3 is 14.8 Å². The van der Waals surface area contributed by atoms with Crippen LogP contribution in [-0.2, 0) is 4.74 Å². The summed E-state index contributed by atoms with van der Waals surface area (Å²) in [5.41, 5.74) is 0. The van der Waals surface area contributed by atoms with Crippen molar-refractivity contribution < 1.29 is 9.47 Å². The van der Waals surface area contributed by atoms with Crippen LogP contribution in [0.1, 0.15) is 20.3 Å². The van der Waals surface area contributed by atoms with Crippen molar-refractivity contribution in [2.45, 2.75) is 26.4 Å². The maximum absolute atomic E-state index is 5.68. The number of ether oxygens (including phenoxy) is 2. The minimum Gasteiger partial charge on any atom is -0.491 e. The summed E-state index contributed by atoms with van der Waals surface area (Å²) in [6.07, 6.45) is 1.35. The predicted octanol–water partition coefficient (Wildman–Crippen LogP) is 4.00. The molecule has 0 saturated heterocycles. The highest BCUT2D eigenvalue weighted by Gasteiger charge is 2.01. The van der Waals surface area contributed by atoms with Gasteiger partial charge >= 0.3 is 0 Å². The average molecular weight is 395 g/mol. The largest absolute Gasteiger partial charge is 0.491 e. The smallest absolute Gasteiger partial charge is 0.133 e. The lowest BCUT2D eigenvalue weighted by atomic mass is 10.3. The van der Waals surface area contributed by atoms with E-state index in [0.717, 1.165) is 40.8 Å². The molecule has 0 amide bonds. The van der Waals surface area contributed by atoms with Gasteiger partial charge in [0.2, 0.25) is 0 Å². The molecular weight excluding hydrogens is 374 g/mol. The lowest BCUT2D eigenvalue weighted by Crippen LogP contribution is -2.23. The van der Waals surface area contributed by atoms with Gasteiger partial charge in [-0.2, -0.15) is 0 Å². The van der Waals surface area contributed by atoms with Crippen LogP contribution in [0.2, 0.25) is 0 Å². The molecule has 1 aromatic rings. The van der Waals surface area contributed by atoms with Crippen LogP contribution in [0.5, 0.6) is 5.75 Å². The zero-order valence-corrected chi connectivity index (χ0v) is 14.6. The normalized spacial score (nSPS) is 11.0. The highest BCUT2D eigenvalue weighted by Crippen LogP contribution is 2.27. The Kier molecular flexibility index (Phi) is 8.70. The third kappa shape index (κ3) is 7.92. The van der Waals surface area contributed by atoms with Crippen LogP contribution in [0.15, 0.2) is 27.1 Å². The van der Waals surface area contributed by atoms with Crippen molar-refractivity contribution in [3.8, 4) is 5.75 Å². The Balaban J connectivity index is 2.04. The summed E-state index contributed by atoms with van der Waals surface area (Å²) in [4.78, 5) is 0. The molecule has 5 heteroatoms. The minimum absolute atomic E-state index is 0.318. The topological polar surface area (TPSA) is 30.5 Å². The molecular formula is C14H21Br2NO2. The van der Waals surface area contributed by atoms with Gasteiger partial charge in [-0.3, -0.25) is 0 Å². The summed E-state index contributed by atoms with van der Waals surface area (Å²) in [5, 5.41) is 3.33. The van der Waals surface area contributed by atoms with Gasteiger partial charge in [-0.25, -0.2) is 0 Å². The Morgan fingerprint density at radius 2 is 1.95 bits per heavy atom. The van der Waals surface area contributed by atoms with Crippen LogP contribution in [0, 0.1) is 0 Å². The van der Waals surface area contributed by atoms with Crippen LogP contribution in [-0.4, -0.2) is 32.4 Å². The average Bonchev–Trinajstić information content (AvgIpc) is 2.34. The number of hydrogen-bond acceptors (Lipinski definition) is 3. The lowest BCUT2D eigenvalue weighted by molar-refractivity contribution is 0.0770. The van der Waals surface area contributed by atoms with Gasteiger partial charge in [0.1, 0.15) is 12.4 Å². The van der Waals surface area contributed by atoms with E-state index in [1.165, 1.54) is 0 Å². The number of hydrogen-bond donors (Lipinski definition) is 1. The van der Waals surface area contributed by atoms with E-state index in [-0.39, 0.29) is 0 Å². The van der Waals surface area contributed by atoms with Gasteiger partial charge in [0.25, 0.3) is 0 Å². The minimum atomic E-state index is 0.318. The summed E-state index contributed by atoms with van der Waals surface area (Å²) < 4.78 is 13.1. The van der Waals surface area contributed by atoms with E-state index in [4.69, 9.17) is 9.47 Å². The molecule has 19 heavy (non-hydrogen) atoms. The molecule has 0 aliphatic carbocycles. The molecule has 0 spiro atoms. The Bertz CT molecular complexity index is 372. The zero-order chi connectivity index (χ0) is 14.1. The molecule has 1 rings (SSSR count). The highest BCUT2D eigenvalue weighted by atomic mass is 79.9. The first-order chi connectivity index (χ1) is 9.09. The fraction of sp³-hybridized carbons (Fsp3) is 0.571. The fourth-order valence-corrected chi connectivity index (χ4v) is 2.63. The SMILES string of the molecule is CC(C)OCCCNCCOc1ccc(Br)cc1Br. The molecule has 0 aliphatic rings. The molecule has 108 valence electrons. The quantitative estimate of drug-likeness (QED) is 0.642. The fourth-order valence-electron chi connectivity index (χ4n) is 1.47. The second-order valence-electron chi connectivity index (χ2n) is 4.45. The second-order valence-corrected chi connectivity index (χ2v) is 6.22. The Labute approximate surface area is 132 Å². The van der Waals surface area contributed by atoms with Crippen LogP contribution in [0.25, 0.3) is 0 Å². The molecule has 1 N–H and O–H groups in total. The monoisotopic (exact) mass is 393 g/mol. The number of rotatable bonds is 9. The van der Waals surface area contributed by atoms with E-state index in [9.17, 15) is 0 Å². The van der Waals surface area contributed by atoms with Gasteiger partial charge in [0.05, 0.1) is 10.6 Å². The first-order valence-electron chi connectivity index (χ1n) is 6.49. The van der Waals surface area contributed by atoms with Crippen LogP contribution >= 0.6 is 31.9 Å². The van der Waals surface area contributed by atoms with Crippen molar-refractivity contribution >= 4 is 31.9 Å². The summed E-state index contributed by atoms with van der Waals surface area (Å²) in [7, 11) is 0. The first-order valence-corrected chi connectivity index (χ1v) is 8.08. The van der Waals surface area contributed by atoms with E-state index in [2.05, 4.69) is 51.0 Å². The van der Waals surface area contributed by atoms with Gasteiger partial charge in [-0.1, -0.05) is 15.9 Å². The van der Waals surface area contributed by atoms with E-state index in [0.29, 0.717) is 12.7 Å². The van der Waals surface area contributed by atoms with Gasteiger partial charge in [-0.15, -0.1) is 0 Å². The molecule has 0 fully saturated rings. The molecule has 0 unspecified atom stereocenters. The van der Waals surface area contributed by atoms with Crippen LogP contribution in [0.4, 0.5) is 0 Å². The molecule has 0 heterocycles. The molecule has 0 bridgehead atoms. The Hall–Kier alpha value is -0.100. The van der Waals surface area contributed by atoms with Crippen LogP contribution in [0.3, 0.4) is 0 Å². The zero-order valence-electron chi connectivity index (χ0n) is 11.4. The van der Waals surface area contributed by atoms with Crippen molar-refractivity contribution in [1.29, 1.82) is 0 Å². The van der Waals surface area contributed by atoms with Crippen molar-refractivity contribution in [3.05, 3.63) is 27.1 Å². The molecule has 0 aromatic heterocycles. The maximum atomic E-state index is 5.68. The molecule has 0 atom stereocenters. The van der Waals surface area contributed by atoms with Crippen molar-refractivity contribution in [1.82, 2.24) is 5.32 Å². The number of halogens is 2. The Morgan fingerprint density at radius 3 is 2.63 bits per heavy atom. The van der Waals surface area contributed by atoms with E-state index < -0.39 is 0 Å². The third-order valence-corrected chi connectivity index (χ3v) is 3.49. The summed E-state index contributed by atoms with van der Waals surface area (Å²) in [6, 6.07) is 5.90. The lowest BCUT2D eigenvalue weighted by Gasteiger charge is -2.10. The van der Waals surface area contributed by atoms with E-state index in [1.54, 1.807) is 0 Å². The molecule has 3 nitrogen and oxygen atoms in total. The van der Waals surface area contributed by atoms with Crippen molar-refractivity contribution in [3.63, 3.8) is 0 Å².